The molecule has 3 aromatic carbocycles. The van der Waals surface area contributed by atoms with Crippen molar-refractivity contribution in [2.45, 2.75) is 25.9 Å². The number of aryl methyl sites for hydroxylation is 1. The fourth-order valence-electron chi connectivity index (χ4n) is 4.04. The third kappa shape index (κ3) is 6.40. The van der Waals surface area contributed by atoms with Gasteiger partial charge in [0.15, 0.2) is 0 Å². The second-order valence-corrected chi connectivity index (χ2v) is 8.97. The molecule has 1 amide bonds. The Labute approximate surface area is 223 Å². The Kier molecular flexibility index (Phi) is 7.94. The molecule has 200 valence electrons. The Morgan fingerprint density at radius 2 is 1.87 bits per heavy atom. The van der Waals surface area contributed by atoms with E-state index in [1.54, 1.807) is 32.4 Å². The summed E-state index contributed by atoms with van der Waals surface area (Å²) in [6.07, 6.45) is 0.155. The number of allylic oxidation sites excluding steroid dienone is 1. The first-order valence-electron chi connectivity index (χ1n) is 12.1. The summed E-state index contributed by atoms with van der Waals surface area (Å²) in [7, 11) is 1.63. The highest BCUT2D eigenvalue weighted by Gasteiger charge is 2.31. The first-order chi connectivity index (χ1) is 18.6. The van der Waals surface area contributed by atoms with Crippen molar-refractivity contribution in [3.8, 4) is 11.1 Å². The number of aromatic nitrogens is 2. The molecule has 1 atom stereocenters. The molecule has 4 aromatic rings. The Balaban J connectivity index is 1.56. The molecule has 4 rings (SSSR count). The fraction of sp³-hybridized carbons (Fsp3) is 0.172. The summed E-state index contributed by atoms with van der Waals surface area (Å²) in [4.78, 5) is 25.7. The Bertz CT molecular complexity index is 1580. The number of rotatable bonds is 7. The minimum Gasteiger partial charge on any atom is -0.403 e. The number of halogens is 3. The van der Waals surface area contributed by atoms with Crippen molar-refractivity contribution < 1.29 is 18.0 Å². The van der Waals surface area contributed by atoms with Crippen molar-refractivity contribution in [2.24, 2.45) is 10.7 Å². The number of carbonyl (C=O) groups is 1. The maximum atomic E-state index is 13.1. The lowest BCUT2D eigenvalue weighted by atomic mass is 9.97. The van der Waals surface area contributed by atoms with Crippen molar-refractivity contribution in [1.29, 1.82) is 0 Å². The Morgan fingerprint density at radius 1 is 1.08 bits per heavy atom. The van der Waals surface area contributed by atoms with E-state index in [1.807, 2.05) is 37.3 Å². The predicted octanol–water partition coefficient (Wildman–Crippen LogP) is 6.28. The van der Waals surface area contributed by atoms with Gasteiger partial charge < -0.3 is 16.4 Å². The lowest BCUT2D eigenvalue weighted by Gasteiger charge is -2.16. The highest BCUT2D eigenvalue weighted by atomic mass is 19.4. The first-order valence-corrected chi connectivity index (χ1v) is 12.1. The number of hydrogen-bond acceptors (Lipinski definition) is 6. The second kappa shape index (κ2) is 11.3. The molecule has 4 N–H and O–H groups in total. The van der Waals surface area contributed by atoms with Crippen molar-refractivity contribution in [3.63, 3.8) is 0 Å². The van der Waals surface area contributed by atoms with E-state index in [0.29, 0.717) is 17.3 Å². The molecule has 0 aliphatic heterocycles. The smallest absolute Gasteiger partial charge is 0.403 e. The largest absolute Gasteiger partial charge is 0.416 e. The molecule has 10 heteroatoms. The number of benzene rings is 3. The third-order valence-electron chi connectivity index (χ3n) is 6.21. The van der Waals surface area contributed by atoms with E-state index < -0.39 is 23.6 Å². The van der Waals surface area contributed by atoms with Crippen LogP contribution in [-0.2, 0) is 11.0 Å². The maximum Gasteiger partial charge on any atom is 0.416 e. The van der Waals surface area contributed by atoms with Crippen molar-refractivity contribution in [2.75, 3.05) is 17.7 Å². The van der Waals surface area contributed by atoms with Gasteiger partial charge in [-0.2, -0.15) is 13.2 Å². The molecule has 0 fully saturated rings. The number of fused-ring (bicyclic) bond motifs is 1. The van der Waals surface area contributed by atoms with Crippen LogP contribution in [0.25, 0.3) is 22.0 Å². The monoisotopic (exact) mass is 532 g/mol. The van der Waals surface area contributed by atoms with Gasteiger partial charge in [0.1, 0.15) is 0 Å². The van der Waals surface area contributed by atoms with Crippen molar-refractivity contribution in [1.82, 2.24) is 9.97 Å². The summed E-state index contributed by atoms with van der Waals surface area (Å²) in [5, 5.41) is 6.65. The lowest BCUT2D eigenvalue weighted by Crippen LogP contribution is -2.19. The molecular weight excluding hydrogens is 505 g/mol. The van der Waals surface area contributed by atoms with Crippen LogP contribution in [0.2, 0.25) is 0 Å². The molecule has 0 spiro atoms. The number of nitrogens with two attached hydrogens (primary N) is 1. The van der Waals surface area contributed by atoms with Crippen LogP contribution in [0.5, 0.6) is 0 Å². The molecule has 0 aliphatic rings. The molecule has 0 aliphatic carbocycles. The number of alkyl halides is 3. The van der Waals surface area contributed by atoms with Gasteiger partial charge in [-0.3, -0.25) is 9.79 Å². The Morgan fingerprint density at radius 3 is 2.59 bits per heavy atom. The topological polar surface area (TPSA) is 105 Å². The molecule has 39 heavy (non-hydrogen) atoms. The molecule has 1 heterocycles. The maximum absolute atomic E-state index is 13.1. The van der Waals surface area contributed by atoms with E-state index in [1.165, 1.54) is 18.3 Å². The third-order valence-corrected chi connectivity index (χ3v) is 6.21. The zero-order valence-electron chi connectivity index (χ0n) is 21.5. The fourth-order valence-corrected chi connectivity index (χ4v) is 4.04. The van der Waals surface area contributed by atoms with Crippen LogP contribution in [0, 0.1) is 6.92 Å². The van der Waals surface area contributed by atoms with Crippen LogP contribution in [0.4, 0.5) is 24.8 Å². The number of anilines is 2. The zero-order valence-corrected chi connectivity index (χ0v) is 21.5. The second-order valence-electron chi connectivity index (χ2n) is 8.97. The Hall–Kier alpha value is -4.73. The number of nitrogens with one attached hydrogen (secondary N) is 2. The van der Waals surface area contributed by atoms with E-state index in [-0.39, 0.29) is 5.56 Å². The van der Waals surface area contributed by atoms with E-state index in [2.05, 4.69) is 25.6 Å². The van der Waals surface area contributed by atoms with Crippen LogP contribution in [0.3, 0.4) is 0 Å². The van der Waals surface area contributed by atoms with Crippen LogP contribution < -0.4 is 16.4 Å². The molecule has 0 saturated carbocycles. The average molecular weight is 533 g/mol. The van der Waals surface area contributed by atoms with Gasteiger partial charge >= 0.3 is 6.18 Å². The number of amides is 1. The standard InChI is InChI=1S/C29H27F3N6O/c1-17-7-9-23(36-27(39)18(2)19-5-4-6-22(12-19)29(30,31)32)13-25(17)20-8-10-26-21(11-20)15-35-28(38-26)37-24(14-33)16-34-3/h4-16,18H,33H2,1-3H3,(H,36,39)(H,35,37,38). The highest BCUT2D eigenvalue weighted by Crippen LogP contribution is 2.32. The molecule has 1 unspecified atom stereocenters. The van der Waals surface area contributed by atoms with Gasteiger partial charge in [-0.25, -0.2) is 9.97 Å². The predicted molar refractivity (Wildman–Crippen MR) is 149 cm³/mol. The van der Waals surface area contributed by atoms with Crippen molar-refractivity contribution in [3.05, 3.63) is 95.4 Å². The SMILES string of the molecule is CN=CC(=CN)Nc1ncc2cc(-c3cc(NC(=O)C(C)c4cccc(C(F)(F)F)c4)ccc3C)ccc2n1. The van der Waals surface area contributed by atoms with Crippen LogP contribution in [-0.4, -0.2) is 29.1 Å². The van der Waals surface area contributed by atoms with Gasteiger partial charge in [-0.1, -0.05) is 30.3 Å². The lowest BCUT2D eigenvalue weighted by molar-refractivity contribution is -0.137. The minimum atomic E-state index is -4.48. The normalized spacial score (nSPS) is 13.0. The van der Waals surface area contributed by atoms with Crippen molar-refractivity contribution >= 4 is 34.7 Å². The number of carbonyl (C=O) groups excluding carboxylic acids is 1. The van der Waals surface area contributed by atoms with E-state index >= 15 is 0 Å². The zero-order chi connectivity index (χ0) is 28.2. The van der Waals surface area contributed by atoms with Crippen LogP contribution in [0.15, 0.2) is 83.7 Å². The van der Waals surface area contributed by atoms with Gasteiger partial charge in [0, 0.05) is 36.7 Å². The van der Waals surface area contributed by atoms with Gasteiger partial charge in [0.2, 0.25) is 11.9 Å². The minimum absolute atomic E-state index is 0.286. The summed E-state index contributed by atoms with van der Waals surface area (Å²) in [5.41, 5.74) is 9.67. The van der Waals surface area contributed by atoms with Gasteiger partial charge in [0.25, 0.3) is 0 Å². The number of nitrogens with zero attached hydrogens (tertiary/aromatic N) is 3. The van der Waals surface area contributed by atoms with Crippen LogP contribution in [0.1, 0.15) is 29.5 Å². The summed E-state index contributed by atoms with van der Waals surface area (Å²) in [6.45, 7) is 3.53. The summed E-state index contributed by atoms with van der Waals surface area (Å²) in [5.74, 6) is -0.811. The molecule has 0 saturated heterocycles. The summed E-state index contributed by atoms with van der Waals surface area (Å²) < 4.78 is 39.3. The van der Waals surface area contributed by atoms with Gasteiger partial charge in [-0.05, 0) is 66.4 Å². The first kappa shape index (κ1) is 27.3. The summed E-state index contributed by atoms with van der Waals surface area (Å²) >= 11 is 0. The molecule has 1 aromatic heterocycles. The number of hydrogen-bond donors (Lipinski definition) is 3. The molecule has 0 radical (unpaired) electrons. The van der Waals surface area contributed by atoms with E-state index in [0.717, 1.165) is 39.7 Å². The van der Waals surface area contributed by atoms with E-state index in [9.17, 15) is 18.0 Å². The van der Waals surface area contributed by atoms with Gasteiger partial charge in [-0.15, -0.1) is 0 Å². The highest BCUT2D eigenvalue weighted by molar-refractivity contribution is 5.96. The van der Waals surface area contributed by atoms with E-state index in [4.69, 9.17) is 5.73 Å². The van der Waals surface area contributed by atoms with Crippen LogP contribution >= 0.6 is 0 Å². The van der Waals surface area contributed by atoms with Gasteiger partial charge in [0.05, 0.1) is 22.7 Å². The average Bonchev–Trinajstić information content (AvgIpc) is 2.92. The molecule has 0 bridgehead atoms. The quantitative estimate of drug-likeness (QED) is 0.243. The molecular formula is C29H27F3N6O. The number of aliphatic imine (C=N–C) groups is 1. The summed E-state index contributed by atoms with van der Waals surface area (Å²) in [6, 6.07) is 16.0. The molecule has 7 nitrogen and oxygen atoms in total.